The fraction of sp³-hybridized carbons (Fsp3) is 0.500. The van der Waals surface area contributed by atoms with Crippen molar-refractivity contribution in [1.82, 2.24) is 19.7 Å². The lowest BCUT2D eigenvalue weighted by atomic mass is 10.1. The number of fused-ring (bicyclic) bond motifs is 1. The van der Waals surface area contributed by atoms with Gasteiger partial charge in [0.05, 0.1) is 11.6 Å². The van der Waals surface area contributed by atoms with E-state index in [1.165, 1.54) is 19.3 Å². The van der Waals surface area contributed by atoms with Gasteiger partial charge in [0.1, 0.15) is 5.82 Å². The molecule has 1 amide bonds. The van der Waals surface area contributed by atoms with Crippen molar-refractivity contribution in [3.63, 3.8) is 0 Å². The van der Waals surface area contributed by atoms with Crippen LogP contribution in [0.25, 0.3) is 0 Å². The van der Waals surface area contributed by atoms with Gasteiger partial charge in [-0.2, -0.15) is 0 Å². The molecule has 0 bridgehead atoms. The second-order valence-corrected chi connectivity index (χ2v) is 7.43. The van der Waals surface area contributed by atoms with Crippen molar-refractivity contribution in [2.75, 3.05) is 6.54 Å². The lowest BCUT2D eigenvalue weighted by Gasteiger charge is -2.25. The van der Waals surface area contributed by atoms with E-state index in [0.29, 0.717) is 0 Å². The van der Waals surface area contributed by atoms with E-state index in [1.54, 1.807) is 0 Å². The summed E-state index contributed by atoms with van der Waals surface area (Å²) in [6, 6.07) is 7.68. The monoisotopic (exact) mass is 388 g/mol. The number of hydrogen-bond acceptors (Lipinski definition) is 3. The van der Waals surface area contributed by atoms with E-state index >= 15 is 0 Å². The normalized spacial score (nSPS) is 20.7. The van der Waals surface area contributed by atoms with Gasteiger partial charge in [0.15, 0.2) is 5.82 Å². The highest BCUT2D eigenvalue weighted by Gasteiger charge is 2.35. The molecule has 5 nitrogen and oxygen atoms in total. The third-order valence-corrected chi connectivity index (χ3v) is 5.75. The molecule has 1 aromatic carbocycles. The van der Waals surface area contributed by atoms with E-state index in [1.807, 2.05) is 29.2 Å². The molecule has 6 heteroatoms. The van der Waals surface area contributed by atoms with Crippen LogP contribution in [-0.2, 0) is 13.0 Å². The quantitative estimate of drug-likeness (QED) is 0.786. The maximum Gasteiger partial charge on any atom is 0.255 e. The first-order chi connectivity index (χ1) is 11.8. The molecule has 2 aromatic rings. The van der Waals surface area contributed by atoms with Crippen molar-refractivity contribution < 1.29 is 4.79 Å². The smallest absolute Gasteiger partial charge is 0.255 e. The van der Waals surface area contributed by atoms with E-state index in [9.17, 15) is 4.79 Å². The second-order valence-electron chi connectivity index (χ2n) is 6.57. The third-order valence-electron chi connectivity index (χ3n) is 5.05. The largest absolute Gasteiger partial charge is 0.328 e. The van der Waals surface area contributed by atoms with E-state index in [-0.39, 0.29) is 11.9 Å². The van der Waals surface area contributed by atoms with Crippen LogP contribution in [0.4, 0.5) is 0 Å². The van der Waals surface area contributed by atoms with Gasteiger partial charge >= 0.3 is 0 Å². The maximum absolute atomic E-state index is 13.0. The number of nitrogens with zero attached hydrogens (tertiary/aromatic N) is 4. The number of amides is 1. The zero-order valence-electron chi connectivity index (χ0n) is 13.6. The van der Waals surface area contributed by atoms with Gasteiger partial charge < -0.3 is 9.47 Å². The van der Waals surface area contributed by atoms with E-state index < -0.39 is 0 Å². The van der Waals surface area contributed by atoms with Crippen molar-refractivity contribution >= 4 is 21.8 Å². The van der Waals surface area contributed by atoms with Crippen LogP contribution in [0.15, 0.2) is 28.7 Å². The summed E-state index contributed by atoms with van der Waals surface area (Å²) in [6.07, 6.45) is 6.58. The predicted octanol–water partition coefficient (Wildman–Crippen LogP) is 3.74. The van der Waals surface area contributed by atoms with Crippen LogP contribution in [0, 0.1) is 0 Å². The molecule has 3 heterocycles. The van der Waals surface area contributed by atoms with Crippen LogP contribution in [0.2, 0.25) is 0 Å². The van der Waals surface area contributed by atoms with Crippen LogP contribution >= 0.6 is 15.9 Å². The van der Waals surface area contributed by atoms with Crippen molar-refractivity contribution in [2.45, 2.75) is 51.1 Å². The molecule has 2 aliphatic heterocycles. The van der Waals surface area contributed by atoms with Gasteiger partial charge in [0.25, 0.3) is 5.91 Å². The van der Waals surface area contributed by atoms with Crippen LogP contribution in [0.1, 0.15) is 60.2 Å². The van der Waals surface area contributed by atoms with E-state index in [4.69, 9.17) is 0 Å². The number of likely N-dealkylation sites (tertiary alicyclic amines) is 1. The topological polar surface area (TPSA) is 51.0 Å². The molecule has 1 unspecified atom stereocenters. The number of aromatic nitrogens is 3. The van der Waals surface area contributed by atoms with Crippen molar-refractivity contribution in [1.29, 1.82) is 0 Å². The minimum absolute atomic E-state index is 0.0453. The number of carbonyl (C=O) groups excluding carboxylic acids is 1. The van der Waals surface area contributed by atoms with Gasteiger partial charge in [-0.1, -0.05) is 18.6 Å². The first-order valence-corrected chi connectivity index (χ1v) is 9.52. The molecule has 0 radical (unpaired) electrons. The fourth-order valence-corrected chi connectivity index (χ4v) is 4.28. The van der Waals surface area contributed by atoms with Gasteiger partial charge in [-0.15, -0.1) is 10.2 Å². The lowest BCUT2D eigenvalue weighted by molar-refractivity contribution is 0.0726. The maximum atomic E-state index is 13.0. The van der Waals surface area contributed by atoms with Crippen molar-refractivity contribution in [2.24, 2.45) is 0 Å². The van der Waals surface area contributed by atoms with Crippen LogP contribution in [0.5, 0.6) is 0 Å². The van der Waals surface area contributed by atoms with Crippen LogP contribution in [-0.4, -0.2) is 32.1 Å². The molecule has 2 aliphatic rings. The Kier molecular flexibility index (Phi) is 4.39. The number of hydrogen-bond donors (Lipinski definition) is 0. The minimum atomic E-state index is 0.0453. The lowest BCUT2D eigenvalue weighted by Crippen LogP contribution is -2.32. The highest BCUT2D eigenvalue weighted by atomic mass is 79.9. The summed E-state index contributed by atoms with van der Waals surface area (Å²) in [6.45, 7) is 1.76. The van der Waals surface area contributed by atoms with Gasteiger partial charge in [-0.25, -0.2) is 0 Å². The number of carbonyl (C=O) groups is 1. The Labute approximate surface area is 150 Å². The first-order valence-electron chi connectivity index (χ1n) is 8.73. The molecule has 1 atom stereocenters. The summed E-state index contributed by atoms with van der Waals surface area (Å²) >= 11 is 3.50. The number of halogens is 1. The molecule has 126 valence electrons. The van der Waals surface area contributed by atoms with Gasteiger partial charge in [0, 0.05) is 24.0 Å². The zero-order chi connectivity index (χ0) is 16.5. The molecule has 24 heavy (non-hydrogen) atoms. The Morgan fingerprint density at radius 1 is 1.08 bits per heavy atom. The molecule has 0 aliphatic carbocycles. The standard InChI is InChI=1S/C18H21BrN4O/c19-14-8-4-3-7-13(14)18(24)22-12-6-9-15(22)17-21-20-16-10-2-1-5-11-23(16)17/h3-4,7-8,15H,1-2,5-6,9-12H2. The number of aryl methyl sites for hydroxylation is 1. The summed E-state index contributed by atoms with van der Waals surface area (Å²) in [5.41, 5.74) is 0.722. The minimum Gasteiger partial charge on any atom is -0.328 e. The van der Waals surface area contributed by atoms with Crippen molar-refractivity contribution in [3.8, 4) is 0 Å². The van der Waals surface area contributed by atoms with E-state index in [0.717, 1.165) is 54.0 Å². The number of rotatable bonds is 2. The molecule has 0 saturated carbocycles. The summed E-state index contributed by atoms with van der Waals surface area (Å²) in [4.78, 5) is 15.0. The SMILES string of the molecule is O=C(c1ccccc1Br)N1CCCC1c1nnc2n1CCCCC2. The third kappa shape index (κ3) is 2.77. The highest BCUT2D eigenvalue weighted by molar-refractivity contribution is 9.10. The molecular formula is C18H21BrN4O. The van der Waals surface area contributed by atoms with Crippen LogP contribution in [0.3, 0.4) is 0 Å². The van der Waals surface area contributed by atoms with E-state index in [2.05, 4.69) is 30.7 Å². The summed E-state index contributed by atoms with van der Waals surface area (Å²) in [5.74, 6) is 2.14. The Morgan fingerprint density at radius 3 is 2.83 bits per heavy atom. The molecular weight excluding hydrogens is 368 g/mol. The summed E-state index contributed by atoms with van der Waals surface area (Å²) in [7, 11) is 0. The molecule has 0 N–H and O–H groups in total. The molecule has 1 saturated heterocycles. The van der Waals surface area contributed by atoms with Gasteiger partial charge in [-0.3, -0.25) is 4.79 Å². The van der Waals surface area contributed by atoms with Gasteiger partial charge in [-0.05, 0) is 53.7 Å². The number of benzene rings is 1. The Morgan fingerprint density at radius 2 is 1.96 bits per heavy atom. The first kappa shape index (κ1) is 15.8. The Bertz CT molecular complexity index is 757. The Balaban J connectivity index is 1.65. The zero-order valence-corrected chi connectivity index (χ0v) is 15.2. The average molecular weight is 389 g/mol. The second kappa shape index (κ2) is 6.67. The van der Waals surface area contributed by atoms with Crippen LogP contribution < -0.4 is 0 Å². The summed E-state index contributed by atoms with van der Waals surface area (Å²) < 4.78 is 3.12. The highest BCUT2D eigenvalue weighted by Crippen LogP contribution is 2.34. The van der Waals surface area contributed by atoms with Gasteiger partial charge in [0.2, 0.25) is 0 Å². The molecule has 0 spiro atoms. The Hall–Kier alpha value is -1.69. The predicted molar refractivity (Wildman–Crippen MR) is 94.7 cm³/mol. The average Bonchev–Trinajstić information content (AvgIpc) is 3.15. The molecule has 1 fully saturated rings. The van der Waals surface area contributed by atoms with Crippen molar-refractivity contribution in [3.05, 3.63) is 46.0 Å². The fourth-order valence-electron chi connectivity index (χ4n) is 3.82. The summed E-state index contributed by atoms with van der Waals surface area (Å²) in [5, 5.41) is 8.89. The molecule has 1 aromatic heterocycles. The molecule has 4 rings (SSSR count).